The second-order valence-electron chi connectivity index (χ2n) is 5.15. The SMILES string of the molecule is COc1ccc(N(C)C2(CN)CCCOCC2)cc1. The molecule has 1 unspecified atom stereocenters. The number of ether oxygens (including phenoxy) is 2. The summed E-state index contributed by atoms with van der Waals surface area (Å²) in [5.74, 6) is 0.878. The molecule has 0 saturated carbocycles. The maximum Gasteiger partial charge on any atom is 0.119 e. The summed E-state index contributed by atoms with van der Waals surface area (Å²) in [5.41, 5.74) is 7.26. The van der Waals surface area contributed by atoms with Crippen LogP contribution in [0.4, 0.5) is 5.69 Å². The molecule has 1 aliphatic heterocycles. The summed E-state index contributed by atoms with van der Waals surface area (Å²) >= 11 is 0. The van der Waals surface area contributed by atoms with Crippen LogP contribution in [0.25, 0.3) is 0 Å². The molecule has 1 atom stereocenters. The van der Waals surface area contributed by atoms with E-state index in [0.29, 0.717) is 6.54 Å². The van der Waals surface area contributed by atoms with Crippen LogP contribution in [0, 0.1) is 0 Å². The molecule has 1 saturated heterocycles. The fourth-order valence-electron chi connectivity index (χ4n) is 2.75. The zero-order valence-electron chi connectivity index (χ0n) is 11.9. The number of nitrogens with two attached hydrogens (primary N) is 1. The zero-order valence-corrected chi connectivity index (χ0v) is 11.9. The highest BCUT2D eigenvalue weighted by Gasteiger charge is 2.34. The van der Waals surface area contributed by atoms with Crippen LogP contribution >= 0.6 is 0 Å². The normalized spacial score (nSPS) is 23.7. The van der Waals surface area contributed by atoms with E-state index >= 15 is 0 Å². The van der Waals surface area contributed by atoms with Gasteiger partial charge in [0.2, 0.25) is 0 Å². The van der Waals surface area contributed by atoms with E-state index in [2.05, 4.69) is 24.1 Å². The number of nitrogens with zero attached hydrogens (tertiary/aromatic N) is 1. The molecule has 1 aliphatic rings. The van der Waals surface area contributed by atoms with Crippen LogP contribution in [0.15, 0.2) is 24.3 Å². The minimum atomic E-state index is 0.00505. The summed E-state index contributed by atoms with van der Waals surface area (Å²) < 4.78 is 10.8. The van der Waals surface area contributed by atoms with Gasteiger partial charge < -0.3 is 20.1 Å². The minimum absolute atomic E-state index is 0.00505. The van der Waals surface area contributed by atoms with Gasteiger partial charge in [-0.2, -0.15) is 0 Å². The lowest BCUT2D eigenvalue weighted by atomic mass is 9.88. The molecular weight excluding hydrogens is 240 g/mol. The van der Waals surface area contributed by atoms with Gasteiger partial charge in [-0.15, -0.1) is 0 Å². The van der Waals surface area contributed by atoms with E-state index in [4.69, 9.17) is 15.2 Å². The zero-order chi connectivity index (χ0) is 13.7. The van der Waals surface area contributed by atoms with Gasteiger partial charge in [-0.1, -0.05) is 0 Å². The quantitative estimate of drug-likeness (QED) is 0.904. The molecule has 2 rings (SSSR count). The lowest BCUT2D eigenvalue weighted by Gasteiger charge is -2.42. The van der Waals surface area contributed by atoms with Crippen LogP contribution in [0.1, 0.15) is 19.3 Å². The van der Waals surface area contributed by atoms with Crippen LogP contribution in [0.2, 0.25) is 0 Å². The van der Waals surface area contributed by atoms with E-state index in [9.17, 15) is 0 Å². The largest absolute Gasteiger partial charge is 0.497 e. The average molecular weight is 264 g/mol. The first-order chi connectivity index (χ1) is 9.22. The number of methoxy groups -OCH3 is 1. The molecule has 0 radical (unpaired) electrons. The van der Waals surface area contributed by atoms with Crippen LogP contribution in [0.3, 0.4) is 0 Å². The molecule has 1 fully saturated rings. The Morgan fingerprint density at radius 3 is 2.63 bits per heavy atom. The van der Waals surface area contributed by atoms with E-state index in [1.54, 1.807) is 7.11 Å². The highest BCUT2D eigenvalue weighted by molar-refractivity contribution is 5.51. The first-order valence-corrected chi connectivity index (χ1v) is 6.87. The Kier molecular flexibility index (Phi) is 4.66. The van der Waals surface area contributed by atoms with Crippen LogP contribution < -0.4 is 15.4 Å². The molecule has 0 amide bonds. The van der Waals surface area contributed by atoms with Gasteiger partial charge in [0.05, 0.1) is 12.6 Å². The Hall–Kier alpha value is -1.26. The van der Waals surface area contributed by atoms with Crippen molar-refractivity contribution in [2.75, 3.05) is 38.8 Å². The van der Waals surface area contributed by atoms with Gasteiger partial charge >= 0.3 is 0 Å². The second-order valence-corrected chi connectivity index (χ2v) is 5.15. The summed E-state index contributed by atoms with van der Waals surface area (Å²) in [5, 5.41) is 0. The topological polar surface area (TPSA) is 47.7 Å². The van der Waals surface area contributed by atoms with E-state index in [1.165, 1.54) is 5.69 Å². The molecule has 1 aromatic rings. The first kappa shape index (κ1) is 14.2. The van der Waals surface area contributed by atoms with Crippen molar-refractivity contribution in [3.63, 3.8) is 0 Å². The van der Waals surface area contributed by atoms with Crippen LogP contribution in [0.5, 0.6) is 5.75 Å². The number of hydrogen-bond donors (Lipinski definition) is 1. The van der Waals surface area contributed by atoms with E-state index in [0.717, 1.165) is 38.2 Å². The molecule has 0 aliphatic carbocycles. The van der Waals surface area contributed by atoms with E-state index in [-0.39, 0.29) is 5.54 Å². The third kappa shape index (κ3) is 3.01. The van der Waals surface area contributed by atoms with E-state index in [1.807, 2.05) is 12.1 Å². The molecule has 4 nitrogen and oxygen atoms in total. The maximum absolute atomic E-state index is 6.08. The number of benzene rings is 1. The predicted molar refractivity (Wildman–Crippen MR) is 77.9 cm³/mol. The van der Waals surface area contributed by atoms with Gasteiger partial charge in [-0.05, 0) is 43.5 Å². The highest BCUT2D eigenvalue weighted by Crippen LogP contribution is 2.31. The summed E-state index contributed by atoms with van der Waals surface area (Å²) in [6.45, 7) is 2.29. The summed E-state index contributed by atoms with van der Waals surface area (Å²) in [4.78, 5) is 2.31. The van der Waals surface area contributed by atoms with Crippen molar-refractivity contribution in [1.82, 2.24) is 0 Å². The molecular formula is C15H24N2O2. The molecule has 0 spiro atoms. The summed E-state index contributed by atoms with van der Waals surface area (Å²) in [6, 6.07) is 8.15. The Morgan fingerprint density at radius 1 is 1.26 bits per heavy atom. The van der Waals surface area contributed by atoms with Crippen molar-refractivity contribution in [3.8, 4) is 5.75 Å². The number of rotatable bonds is 4. The number of likely N-dealkylation sites (N-methyl/N-ethyl adjacent to an activating group) is 1. The fraction of sp³-hybridized carbons (Fsp3) is 0.600. The molecule has 1 aromatic carbocycles. The van der Waals surface area contributed by atoms with Gasteiger partial charge in [0, 0.05) is 32.5 Å². The molecule has 1 heterocycles. The Bertz CT molecular complexity index is 384. The van der Waals surface area contributed by atoms with E-state index < -0.39 is 0 Å². The smallest absolute Gasteiger partial charge is 0.119 e. The van der Waals surface area contributed by atoms with Crippen LogP contribution in [-0.2, 0) is 4.74 Å². The second kappa shape index (κ2) is 6.26. The number of anilines is 1. The molecule has 0 aromatic heterocycles. The summed E-state index contributed by atoms with van der Waals surface area (Å²) in [7, 11) is 3.81. The predicted octanol–water partition coefficient (Wildman–Crippen LogP) is 2.03. The Labute approximate surface area is 115 Å². The van der Waals surface area contributed by atoms with Gasteiger partial charge in [-0.25, -0.2) is 0 Å². The van der Waals surface area contributed by atoms with Crippen molar-refractivity contribution < 1.29 is 9.47 Å². The van der Waals surface area contributed by atoms with Crippen molar-refractivity contribution in [3.05, 3.63) is 24.3 Å². The van der Waals surface area contributed by atoms with Crippen molar-refractivity contribution in [2.45, 2.75) is 24.8 Å². The lowest BCUT2D eigenvalue weighted by molar-refractivity contribution is 0.139. The highest BCUT2D eigenvalue weighted by atomic mass is 16.5. The van der Waals surface area contributed by atoms with Crippen LogP contribution in [-0.4, -0.2) is 39.5 Å². The minimum Gasteiger partial charge on any atom is -0.497 e. The fourth-order valence-corrected chi connectivity index (χ4v) is 2.75. The molecule has 0 bridgehead atoms. The summed E-state index contributed by atoms with van der Waals surface area (Å²) in [6.07, 6.45) is 3.12. The number of hydrogen-bond acceptors (Lipinski definition) is 4. The molecule has 106 valence electrons. The maximum atomic E-state index is 6.08. The lowest BCUT2D eigenvalue weighted by Crippen LogP contribution is -2.52. The van der Waals surface area contributed by atoms with Gasteiger partial charge in [0.25, 0.3) is 0 Å². The standard InChI is InChI=1S/C15H24N2O2/c1-17(13-4-6-14(18-2)7-5-13)15(12-16)8-3-10-19-11-9-15/h4-7H,3,8-12,16H2,1-2H3. The Morgan fingerprint density at radius 2 is 2.00 bits per heavy atom. The van der Waals surface area contributed by atoms with Gasteiger partial charge in [-0.3, -0.25) is 0 Å². The molecule has 19 heavy (non-hydrogen) atoms. The van der Waals surface area contributed by atoms with Crippen molar-refractivity contribution in [1.29, 1.82) is 0 Å². The Balaban J connectivity index is 2.20. The monoisotopic (exact) mass is 264 g/mol. The first-order valence-electron chi connectivity index (χ1n) is 6.87. The average Bonchev–Trinajstić information content (AvgIpc) is 2.73. The third-order valence-electron chi connectivity index (χ3n) is 4.19. The van der Waals surface area contributed by atoms with Gasteiger partial charge in [0.15, 0.2) is 0 Å². The van der Waals surface area contributed by atoms with Crippen molar-refractivity contribution in [2.24, 2.45) is 5.73 Å². The van der Waals surface area contributed by atoms with Gasteiger partial charge in [0.1, 0.15) is 5.75 Å². The third-order valence-corrected chi connectivity index (χ3v) is 4.19. The molecule has 2 N–H and O–H groups in total. The molecule has 4 heteroatoms. The van der Waals surface area contributed by atoms with Crippen molar-refractivity contribution >= 4 is 5.69 Å².